The minimum Gasteiger partial charge on any atom is -1.00 e. The Morgan fingerprint density at radius 3 is 2.22 bits per heavy atom. The maximum atomic E-state index is 11.4. The fourth-order valence-electron chi connectivity index (χ4n) is 4.13. The number of hydrogen-bond donors (Lipinski definition) is 0. The number of carbonyl (C=O) groups is 1. The van der Waals surface area contributed by atoms with Gasteiger partial charge in [-0.3, -0.25) is 9.69 Å². The van der Waals surface area contributed by atoms with Crippen molar-refractivity contribution in [3.8, 4) is 0 Å². The molecule has 1 spiro atoms. The Morgan fingerprint density at radius 2 is 1.63 bits per heavy atom. The highest BCUT2D eigenvalue weighted by Gasteiger charge is 2.35. The number of esters is 1. The summed E-state index contributed by atoms with van der Waals surface area (Å²) in [6.45, 7) is 12.3. The number of benzene rings is 1. The van der Waals surface area contributed by atoms with Gasteiger partial charge in [-0.15, -0.1) is 0 Å². The molecule has 0 N–H and O–H groups in total. The van der Waals surface area contributed by atoms with E-state index in [-0.39, 0.29) is 18.4 Å². The molecular weight excluding hydrogens is 362 g/mol. The van der Waals surface area contributed by atoms with Crippen LogP contribution in [0.3, 0.4) is 0 Å². The maximum absolute atomic E-state index is 11.4. The Labute approximate surface area is 170 Å². The van der Waals surface area contributed by atoms with E-state index in [4.69, 9.17) is 4.74 Å². The van der Waals surface area contributed by atoms with Gasteiger partial charge in [0.15, 0.2) is 0 Å². The summed E-state index contributed by atoms with van der Waals surface area (Å²) in [5.74, 6) is -0.0848. The highest BCUT2D eigenvalue weighted by Crippen LogP contribution is 2.22. The van der Waals surface area contributed by atoms with E-state index < -0.39 is 0 Å². The van der Waals surface area contributed by atoms with Crippen molar-refractivity contribution in [3.05, 3.63) is 29.8 Å². The quantitative estimate of drug-likeness (QED) is 0.464. The molecule has 0 amide bonds. The standard InChI is InChI=1S/C21H34N3O2.ClH/c1-3-26-21(25)6-4-5-19-7-9-20(10-8-19)23-13-17-24(18-14-23)15-11-22(2)12-16-24;/h7-10H,3-6,11-18H2,1-2H3;1H/q+1;/p-1. The third-order valence-corrected chi connectivity index (χ3v) is 6.05. The van der Waals surface area contributed by atoms with Crippen LogP contribution in [0.25, 0.3) is 0 Å². The molecule has 6 heteroatoms. The summed E-state index contributed by atoms with van der Waals surface area (Å²) in [6.07, 6.45) is 2.31. The molecule has 2 saturated heterocycles. The number of anilines is 1. The van der Waals surface area contributed by atoms with Crippen LogP contribution < -0.4 is 17.3 Å². The van der Waals surface area contributed by atoms with Crippen LogP contribution in [0.4, 0.5) is 5.69 Å². The summed E-state index contributed by atoms with van der Waals surface area (Å²) in [5.41, 5.74) is 2.64. The van der Waals surface area contributed by atoms with Crippen LogP contribution >= 0.6 is 0 Å². The molecule has 27 heavy (non-hydrogen) atoms. The molecule has 0 unspecified atom stereocenters. The van der Waals surface area contributed by atoms with Gasteiger partial charge in [-0.2, -0.15) is 0 Å². The van der Waals surface area contributed by atoms with Crippen molar-refractivity contribution in [3.63, 3.8) is 0 Å². The molecule has 2 aliphatic rings. The number of nitrogens with zero attached hydrogens (tertiary/aromatic N) is 3. The topological polar surface area (TPSA) is 32.8 Å². The van der Waals surface area contributed by atoms with Gasteiger partial charge in [0.25, 0.3) is 0 Å². The first-order valence-electron chi connectivity index (χ1n) is 10.1. The fraction of sp³-hybridized carbons (Fsp3) is 0.667. The number of ether oxygens (including phenoxy) is 1. The minimum atomic E-state index is -0.0848. The van der Waals surface area contributed by atoms with E-state index in [1.54, 1.807) is 0 Å². The van der Waals surface area contributed by atoms with Crippen LogP contribution in [-0.4, -0.2) is 81.4 Å². The highest BCUT2D eigenvalue weighted by atomic mass is 35.5. The van der Waals surface area contributed by atoms with E-state index in [0.717, 1.165) is 25.9 Å². The molecule has 0 radical (unpaired) electrons. The number of aryl methyl sites for hydroxylation is 1. The van der Waals surface area contributed by atoms with Gasteiger partial charge in [-0.05, 0) is 44.5 Å². The van der Waals surface area contributed by atoms with Crippen molar-refractivity contribution in [1.82, 2.24) is 4.90 Å². The van der Waals surface area contributed by atoms with E-state index >= 15 is 0 Å². The average molecular weight is 396 g/mol. The predicted molar refractivity (Wildman–Crippen MR) is 105 cm³/mol. The average Bonchev–Trinajstić information content (AvgIpc) is 2.66. The summed E-state index contributed by atoms with van der Waals surface area (Å²) in [4.78, 5) is 16.4. The second-order valence-corrected chi connectivity index (χ2v) is 7.85. The zero-order valence-electron chi connectivity index (χ0n) is 16.8. The smallest absolute Gasteiger partial charge is 0.305 e. The first-order valence-corrected chi connectivity index (χ1v) is 10.1. The molecule has 2 fully saturated rings. The van der Waals surface area contributed by atoms with Crippen molar-refractivity contribution in [1.29, 1.82) is 0 Å². The number of halogens is 1. The van der Waals surface area contributed by atoms with Crippen molar-refractivity contribution in [2.75, 3.05) is 70.9 Å². The summed E-state index contributed by atoms with van der Waals surface area (Å²) in [6, 6.07) is 8.93. The predicted octanol–water partition coefficient (Wildman–Crippen LogP) is -0.841. The van der Waals surface area contributed by atoms with Crippen LogP contribution in [0.1, 0.15) is 25.3 Å². The molecule has 5 nitrogen and oxygen atoms in total. The van der Waals surface area contributed by atoms with E-state index in [2.05, 4.69) is 41.1 Å². The Kier molecular flexibility index (Phi) is 8.39. The molecular formula is C21H34ClN3O2. The Morgan fingerprint density at radius 1 is 1.04 bits per heavy atom. The SMILES string of the molecule is CCOC(=O)CCCc1ccc(N2CC[N+]3(CCN(C)CC3)CC2)cc1.[Cl-]. The summed E-state index contributed by atoms with van der Waals surface area (Å²) >= 11 is 0. The van der Waals surface area contributed by atoms with Crippen molar-refractivity contribution in [2.24, 2.45) is 0 Å². The Balaban J connectivity index is 0.00000261. The van der Waals surface area contributed by atoms with Crippen molar-refractivity contribution >= 4 is 11.7 Å². The second kappa shape index (κ2) is 10.3. The number of carbonyl (C=O) groups excluding carboxylic acids is 1. The zero-order valence-corrected chi connectivity index (χ0v) is 17.6. The molecule has 1 aromatic rings. The Hall–Kier alpha value is -1.30. The molecule has 0 bridgehead atoms. The van der Waals surface area contributed by atoms with Crippen molar-refractivity contribution in [2.45, 2.75) is 26.2 Å². The van der Waals surface area contributed by atoms with E-state index in [1.165, 1.54) is 55.0 Å². The minimum absolute atomic E-state index is 0. The summed E-state index contributed by atoms with van der Waals surface area (Å²) < 4.78 is 6.29. The summed E-state index contributed by atoms with van der Waals surface area (Å²) in [5, 5.41) is 0. The van der Waals surface area contributed by atoms with Gasteiger partial charge in [-0.1, -0.05) is 12.1 Å². The van der Waals surface area contributed by atoms with Gasteiger partial charge in [0.1, 0.15) is 0 Å². The third kappa shape index (κ3) is 6.09. The molecule has 1 aromatic carbocycles. The van der Waals surface area contributed by atoms with Crippen LogP contribution in [0, 0.1) is 0 Å². The molecule has 152 valence electrons. The first-order chi connectivity index (χ1) is 12.6. The monoisotopic (exact) mass is 395 g/mol. The Bertz CT molecular complexity index is 576. The summed E-state index contributed by atoms with van der Waals surface area (Å²) in [7, 11) is 2.24. The maximum Gasteiger partial charge on any atom is 0.305 e. The number of piperazine rings is 2. The van der Waals surface area contributed by atoms with Gasteiger partial charge < -0.3 is 26.5 Å². The van der Waals surface area contributed by atoms with Gasteiger partial charge >= 0.3 is 5.97 Å². The molecule has 0 saturated carbocycles. The van der Waals surface area contributed by atoms with E-state index in [0.29, 0.717) is 13.0 Å². The number of hydrogen-bond acceptors (Lipinski definition) is 4. The first kappa shape index (κ1) is 22.0. The molecule has 2 aliphatic heterocycles. The normalized spacial score (nSPS) is 19.6. The number of rotatable bonds is 6. The third-order valence-electron chi connectivity index (χ3n) is 6.05. The van der Waals surface area contributed by atoms with E-state index in [9.17, 15) is 4.79 Å². The van der Waals surface area contributed by atoms with Gasteiger partial charge in [-0.25, -0.2) is 0 Å². The lowest BCUT2D eigenvalue weighted by Gasteiger charge is -2.49. The number of likely N-dealkylation sites (N-methyl/N-ethyl adjacent to an activating group) is 1. The van der Waals surface area contributed by atoms with Crippen LogP contribution in [0.2, 0.25) is 0 Å². The molecule has 0 atom stereocenters. The van der Waals surface area contributed by atoms with E-state index in [1.807, 2.05) is 6.92 Å². The van der Waals surface area contributed by atoms with Crippen LogP contribution in [0.5, 0.6) is 0 Å². The second-order valence-electron chi connectivity index (χ2n) is 7.85. The van der Waals surface area contributed by atoms with Crippen molar-refractivity contribution < 1.29 is 26.4 Å². The molecule has 0 aliphatic carbocycles. The lowest BCUT2D eigenvalue weighted by atomic mass is 10.1. The van der Waals surface area contributed by atoms with Gasteiger partial charge in [0, 0.05) is 25.2 Å². The molecule has 3 rings (SSSR count). The molecule has 0 aromatic heterocycles. The largest absolute Gasteiger partial charge is 1.00 e. The van der Waals surface area contributed by atoms with Crippen LogP contribution in [-0.2, 0) is 16.0 Å². The fourth-order valence-corrected chi connectivity index (χ4v) is 4.13. The lowest BCUT2D eigenvalue weighted by molar-refractivity contribution is -0.932. The molecule has 2 heterocycles. The van der Waals surface area contributed by atoms with Gasteiger partial charge in [0.05, 0.1) is 45.9 Å². The lowest BCUT2D eigenvalue weighted by Crippen LogP contribution is -3.00. The highest BCUT2D eigenvalue weighted by molar-refractivity contribution is 5.69. The number of quaternary nitrogens is 1. The van der Waals surface area contributed by atoms with Gasteiger partial charge in [0.2, 0.25) is 0 Å². The zero-order chi connectivity index (χ0) is 18.4. The van der Waals surface area contributed by atoms with Crippen LogP contribution in [0.15, 0.2) is 24.3 Å².